The monoisotopic (exact) mass is 323 g/mol. The topological polar surface area (TPSA) is 28.2 Å². The molecule has 1 N–H and O–H groups in total. The summed E-state index contributed by atoms with van der Waals surface area (Å²) in [6, 6.07) is 13.3. The average Bonchev–Trinajstić information content (AvgIpc) is 3.02. The van der Waals surface area contributed by atoms with Crippen molar-refractivity contribution in [3.05, 3.63) is 64.8 Å². The Kier molecular flexibility index (Phi) is 4.12. The molecule has 1 aliphatic rings. The molecule has 0 amide bonds. The fraction of sp³-hybridized carbons (Fsp3) is 0.316. The number of hydrogen-bond acceptors (Lipinski definition) is 4. The van der Waals surface area contributed by atoms with Crippen LogP contribution in [-0.4, -0.2) is 36.1 Å². The van der Waals surface area contributed by atoms with Crippen molar-refractivity contribution in [3.63, 3.8) is 0 Å². The third-order valence-electron chi connectivity index (χ3n) is 4.54. The smallest absolute Gasteiger partial charge is 0.0791 e. The molecule has 3 heterocycles. The molecule has 1 aromatic carbocycles. The molecule has 1 atom stereocenters. The third kappa shape index (κ3) is 2.90. The molecule has 0 saturated carbocycles. The van der Waals surface area contributed by atoms with Gasteiger partial charge in [0, 0.05) is 37.1 Å². The standard InChI is InChI=1S/C19H21N3S/c1-14-6-7-17(21-12-14)19(22-10-8-20-9-11-22)16-13-23-18-5-3-2-4-15(16)18/h2-7,12-13,19-20H,8-11H2,1H3. The van der Waals surface area contributed by atoms with Gasteiger partial charge in [0.15, 0.2) is 0 Å². The van der Waals surface area contributed by atoms with Crippen molar-refractivity contribution in [1.29, 1.82) is 0 Å². The van der Waals surface area contributed by atoms with Crippen LogP contribution in [0.5, 0.6) is 0 Å². The number of pyridine rings is 1. The number of thiophene rings is 1. The molecule has 0 spiro atoms. The fourth-order valence-electron chi connectivity index (χ4n) is 3.33. The molecule has 1 saturated heterocycles. The number of nitrogens with zero attached hydrogens (tertiary/aromatic N) is 2. The highest BCUT2D eigenvalue weighted by atomic mass is 32.1. The highest BCUT2D eigenvalue weighted by Gasteiger charge is 2.27. The van der Waals surface area contributed by atoms with E-state index in [0.717, 1.165) is 31.9 Å². The summed E-state index contributed by atoms with van der Waals surface area (Å²) in [6.45, 7) is 6.31. The van der Waals surface area contributed by atoms with Gasteiger partial charge in [0.1, 0.15) is 0 Å². The third-order valence-corrected chi connectivity index (χ3v) is 5.52. The number of nitrogens with one attached hydrogen (secondary N) is 1. The van der Waals surface area contributed by atoms with Crippen LogP contribution in [-0.2, 0) is 0 Å². The Balaban J connectivity index is 1.82. The highest BCUT2D eigenvalue weighted by molar-refractivity contribution is 7.17. The second kappa shape index (κ2) is 6.40. The summed E-state index contributed by atoms with van der Waals surface area (Å²) in [4.78, 5) is 7.32. The van der Waals surface area contributed by atoms with Gasteiger partial charge in [0.2, 0.25) is 0 Å². The van der Waals surface area contributed by atoms with Crippen molar-refractivity contribution in [2.45, 2.75) is 13.0 Å². The van der Waals surface area contributed by atoms with E-state index < -0.39 is 0 Å². The summed E-state index contributed by atoms with van der Waals surface area (Å²) in [5.41, 5.74) is 3.76. The predicted octanol–water partition coefficient (Wildman–Crippen LogP) is 3.60. The SMILES string of the molecule is Cc1ccc(C(c2csc3ccccc23)N2CCNCC2)nc1. The van der Waals surface area contributed by atoms with Gasteiger partial charge in [-0.15, -0.1) is 11.3 Å². The summed E-state index contributed by atoms with van der Waals surface area (Å²) < 4.78 is 1.36. The van der Waals surface area contributed by atoms with Crippen LogP contribution < -0.4 is 5.32 Å². The van der Waals surface area contributed by atoms with Crippen molar-refractivity contribution in [3.8, 4) is 0 Å². The van der Waals surface area contributed by atoms with Crippen LogP contribution in [0.2, 0.25) is 0 Å². The Bertz CT molecular complexity index is 788. The number of hydrogen-bond donors (Lipinski definition) is 1. The Morgan fingerprint density at radius 2 is 1.96 bits per heavy atom. The highest BCUT2D eigenvalue weighted by Crippen LogP contribution is 2.36. The quantitative estimate of drug-likeness (QED) is 0.798. The predicted molar refractivity (Wildman–Crippen MR) is 97.1 cm³/mol. The van der Waals surface area contributed by atoms with Crippen LogP contribution >= 0.6 is 11.3 Å². The number of piperazine rings is 1. The lowest BCUT2D eigenvalue weighted by Crippen LogP contribution is -2.45. The summed E-state index contributed by atoms with van der Waals surface area (Å²) >= 11 is 1.83. The van der Waals surface area contributed by atoms with Crippen LogP contribution in [0, 0.1) is 6.92 Å². The minimum Gasteiger partial charge on any atom is -0.314 e. The number of aromatic nitrogens is 1. The fourth-order valence-corrected chi connectivity index (χ4v) is 4.31. The molecule has 0 bridgehead atoms. The van der Waals surface area contributed by atoms with Gasteiger partial charge in [-0.2, -0.15) is 0 Å². The number of rotatable bonds is 3. The molecular weight excluding hydrogens is 302 g/mol. The number of benzene rings is 1. The van der Waals surface area contributed by atoms with Crippen LogP contribution in [0.4, 0.5) is 0 Å². The molecule has 2 aromatic heterocycles. The van der Waals surface area contributed by atoms with Gasteiger partial charge < -0.3 is 5.32 Å². The molecule has 3 aromatic rings. The number of aryl methyl sites for hydroxylation is 1. The maximum atomic E-state index is 4.76. The second-order valence-electron chi connectivity index (χ2n) is 6.14. The van der Waals surface area contributed by atoms with Crippen LogP contribution in [0.1, 0.15) is 22.9 Å². The molecule has 1 fully saturated rings. The minimum absolute atomic E-state index is 0.244. The Hall–Kier alpha value is -1.75. The normalized spacial score (nSPS) is 17.4. The van der Waals surface area contributed by atoms with E-state index in [4.69, 9.17) is 4.98 Å². The molecule has 1 unspecified atom stereocenters. The van der Waals surface area contributed by atoms with Gasteiger partial charge in [-0.25, -0.2) is 0 Å². The van der Waals surface area contributed by atoms with E-state index in [1.807, 2.05) is 17.5 Å². The maximum absolute atomic E-state index is 4.76. The summed E-state index contributed by atoms with van der Waals surface area (Å²) in [5, 5.41) is 7.14. The van der Waals surface area contributed by atoms with E-state index in [1.165, 1.54) is 21.2 Å². The van der Waals surface area contributed by atoms with E-state index >= 15 is 0 Å². The first-order valence-electron chi connectivity index (χ1n) is 8.16. The zero-order chi connectivity index (χ0) is 15.6. The molecule has 4 rings (SSSR count). The van der Waals surface area contributed by atoms with Crippen molar-refractivity contribution in [1.82, 2.24) is 15.2 Å². The van der Waals surface area contributed by atoms with E-state index in [-0.39, 0.29) is 6.04 Å². The van der Waals surface area contributed by atoms with Gasteiger partial charge in [-0.3, -0.25) is 9.88 Å². The van der Waals surface area contributed by atoms with E-state index in [0.29, 0.717) is 0 Å². The Morgan fingerprint density at radius 3 is 2.74 bits per heavy atom. The first-order valence-corrected chi connectivity index (χ1v) is 9.04. The lowest BCUT2D eigenvalue weighted by atomic mass is 9.99. The zero-order valence-electron chi connectivity index (χ0n) is 13.3. The molecule has 0 radical (unpaired) electrons. The first kappa shape index (κ1) is 14.8. The molecular formula is C19H21N3S. The average molecular weight is 323 g/mol. The molecule has 23 heavy (non-hydrogen) atoms. The van der Waals surface area contributed by atoms with Gasteiger partial charge >= 0.3 is 0 Å². The van der Waals surface area contributed by atoms with Crippen molar-refractivity contribution < 1.29 is 0 Å². The largest absolute Gasteiger partial charge is 0.314 e. The van der Waals surface area contributed by atoms with Crippen LogP contribution in [0.15, 0.2) is 48.0 Å². The lowest BCUT2D eigenvalue weighted by molar-refractivity contribution is 0.196. The second-order valence-corrected chi connectivity index (χ2v) is 7.05. The van der Waals surface area contributed by atoms with Crippen LogP contribution in [0.25, 0.3) is 10.1 Å². The minimum atomic E-state index is 0.244. The maximum Gasteiger partial charge on any atom is 0.0791 e. The van der Waals surface area contributed by atoms with E-state index in [1.54, 1.807) is 0 Å². The summed E-state index contributed by atoms with van der Waals surface area (Å²) in [5.74, 6) is 0. The van der Waals surface area contributed by atoms with E-state index in [9.17, 15) is 0 Å². The zero-order valence-corrected chi connectivity index (χ0v) is 14.1. The van der Waals surface area contributed by atoms with Gasteiger partial charge in [-0.05, 0) is 40.9 Å². The molecule has 3 nitrogen and oxygen atoms in total. The van der Waals surface area contributed by atoms with E-state index in [2.05, 4.69) is 58.9 Å². The molecule has 4 heteroatoms. The van der Waals surface area contributed by atoms with Gasteiger partial charge in [0.25, 0.3) is 0 Å². The van der Waals surface area contributed by atoms with Crippen molar-refractivity contribution in [2.24, 2.45) is 0 Å². The van der Waals surface area contributed by atoms with Gasteiger partial charge in [-0.1, -0.05) is 24.3 Å². The number of fused-ring (bicyclic) bond motifs is 1. The Labute approximate surface area is 141 Å². The van der Waals surface area contributed by atoms with Crippen molar-refractivity contribution in [2.75, 3.05) is 26.2 Å². The summed E-state index contributed by atoms with van der Waals surface area (Å²) in [6.07, 6.45) is 1.99. The lowest BCUT2D eigenvalue weighted by Gasteiger charge is -2.34. The van der Waals surface area contributed by atoms with Crippen LogP contribution in [0.3, 0.4) is 0 Å². The molecule has 1 aliphatic heterocycles. The molecule has 0 aliphatic carbocycles. The van der Waals surface area contributed by atoms with Gasteiger partial charge in [0.05, 0.1) is 11.7 Å². The first-order chi connectivity index (χ1) is 11.3. The molecule has 118 valence electrons. The van der Waals surface area contributed by atoms with Crippen molar-refractivity contribution >= 4 is 21.4 Å². The summed E-state index contributed by atoms with van der Waals surface area (Å²) in [7, 11) is 0. The Morgan fingerprint density at radius 1 is 1.13 bits per heavy atom.